The molecule has 0 aliphatic heterocycles. The van der Waals surface area contributed by atoms with E-state index in [9.17, 15) is 0 Å². The predicted octanol–water partition coefficient (Wildman–Crippen LogP) is 4.15. The highest BCUT2D eigenvalue weighted by Gasteiger charge is 2.16. The summed E-state index contributed by atoms with van der Waals surface area (Å²) in [6.07, 6.45) is 0. The van der Waals surface area contributed by atoms with Crippen LogP contribution in [0.15, 0.2) is 33.8 Å². The normalized spacial score (nSPS) is 13.0. The number of aliphatic imine (C=N–C) groups is 1. The Morgan fingerprint density at radius 2 is 2.00 bits per heavy atom. The van der Waals surface area contributed by atoms with Crippen LogP contribution in [-0.4, -0.2) is 36.2 Å². The molecular weight excluding hydrogens is 336 g/mol. The van der Waals surface area contributed by atoms with E-state index in [0.717, 1.165) is 41.1 Å². The molecule has 1 unspecified atom stereocenters. The Labute approximate surface area is 155 Å². The van der Waals surface area contributed by atoms with E-state index in [2.05, 4.69) is 29.2 Å². The van der Waals surface area contributed by atoms with Crippen LogP contribution in [0.2, 0.25) is 5.02 Å². The summed E-state index contributed by atoms with van der Waals surface area (Å²) in [7, 11) is 2.04. The molecule has 1 heterocycles. The Morgan fingerprint density at radius 1 is 1.32 bits per heavy atom. The van der Waals surface area contributed by atoms with Gasteiger partial charge in [-0.25, -0.2) is 0 Å². The summed E-state index contributed by atoms with van der Waals surface area (Å²) in [6.45, 7) is 10.4. The van der Waals surface area contributed by atoms with E-state index in [-0.39, 0.29) is 5.92 Å². The molecule has 0 fully saturated rings. The maximum atomic E-state index is 5.96. The predicted molar refractivity (Wildman–Crippen MR) is 103 cm³/mol. The average Bonchev–Trinajstić information content (AvgIpc) is 2.92. The van der Waals surface area contributed by atoms with Gasteiger partial charge in [0.25, 0.3) is 0 Å². The van der Waals surface area contributed by atoms with Crippen LogP contribution in [0.25, 0.3) is 0 Å². The zero-order chi connectivity index (χ0) is 18.4. The number of aromatic nitrogens is 1. The molecule has 5 nitrogen and oxygen atoms in total. The quantitative estimate of drug-likeness (QED) is 0.619. The van der Waals surface area contributed by atoms with Gasteiger partial charge in [-0.3, -0.25) is 4.99 Å². The molecule has 25 heavy (non-hydrogen) atoms. The molecule has 0 saturated heterocycles. The van der Waals surface area contributed by atoms with E-state index in [0.29, 0.717) is 6.54 Å². The molecule has 0 aliphatic carbocycles. The summed E-state index contributed by atoms with van der Waals surface area (Å²) in [5.74, 6) is 2.01. The zero-order valence-electron chi connectivity index (χ0n) is 15.6. The lowest BCUT2D eigenvalue weighted by Gasteiger charge is -2.23. The van der Waals surface area contributed by atoms with E-state index in [1.165, 1.54) is 5.56 Å². The largest absolute Gasteiger partial charge is 0.361 e. The third-order valence-electron chi connectivity index (χ3n) is 4.13. The molecule has 0 saturated carbocycles. The fourth-order valence-electron chi connectivity index (χ4n) is 2.92. The van der Waals surface area contributed by atoms with Gasteiger partial charge in [-0.2, -0.15) is 0 Å². The highest BCUT2D eigenvalue weighted by molar-refractivity contribution is 6.30. The number of hydrogen-bond donors (Lipinski definition) is 1. The first-order valence-corrected chi connectivity index (χ1v) is 8.96. The molecule has 0 amide bonds. The highest BCUT2D eigenvalue weighted by Crippen LogP contribution is 2.23. The second-order valence-corrected chi connectivity index (χ2v) is 6.75. The van der Waals surface area contributed by atoms with E-state index < -0.39 is 0 Å². The van der Waals surface area contributed by atoms with Crippen molar-refractivity contribution in [2.24, 2.45) is 4.99 Å². The fourth-order valence-corrected chi connectivity index (χ4v) is 3.04. The first-order valence-electron chi connectivity index (χ1n) is 8.59. The summed E-state index contributed by atoms with van der Waals surface area (Å²) in [4.78, 5) is 6.92. The summed E-state index contributed by atoms with van der Waals surface area (Å²) >= 11 is 5.96. The lowest BCUT2D eigenvalue weighted by atomic mass is 10.00. The Kier molecular flexibility index (Phi) is 6.88. The molecule has 136 valence electrons. The Balaban J connectivity index is 2.07. The van der Waals surface area contributed by atoms with Crippen LogP contribution in [-0.2, 0) is 6.54 Å². The molecule has 0 bridgehead atoms. The standard InChI is InChI=1S/C19H27ClN4O/c1-6-21-19(24(5)12-16-7-9-17(20)10-8-16)22-11-13(2)18-14(3)23-25-15(18)4/h7-10,13H,6,11-12H2,1-5H3,(H,21,22). The first-order chi connectivity index (χ1) is 11.9. The van der Waals surface area contributed by atoms with E-state index in [1.807, 2.05) is 45.2 Å². The Bertz CT molecular complexity index is 689. The lowest BCUT2D eigenvalue weighted by Crippen LogP contribution is -2.38. The molecule has 6 heteroatoms. The van der Waals surface area contributed by atoms with E-state index in [1.54, 1.807) is 0 Å². The number of hydrogen-bond acceptors (Lipinski definition) is 3. The molecule has 0 aliphatic rings. The number of halogens is 1. The van der Waals surface area contributed by atoms with Gasteiger partial charge >= 0.3 is 0 Å². The Morgan fingerprint density at radius 3 is 2.56 bits per heavy atom. The maximum Gasteiger partial charge on any atom is 0.193 e. The minimum absolute atomic E-state index is 0.254. The third-order valence-corrected chi connectivity index (χ3v) is 4.38. The van der Waals surface area contributed by atoms with Crippen molar-refractivity contribution in [2.75, 3.05) is 20.1 Å². The molecule has 2 rings (SSSR count). The van der Waals surface area contributed by atoms with Crippen LogP contribution in [0, 0.1) is 13.8 Å². The summed E-state index contributed by atoms with van der Waals surface area (Å²) in [5, 5.41) is 8.14. The first kappa shape index (κ1) is 19.3. The van der Waals surface area contributed by atoms with Gasteiger partial charge in [0.05, 0.1) is 5.69 Å². The van der Waals surface area contributed by atoms with Crippen molar-refractivity contribution in [3.63, 3.8) is 0 Å². The van der Waals surface area contributed by atoms with Crippen LogP contribution < -0.4 is 5.32 Å². The number of aryl methyl sites for hydroxylation is 2. The average molecular weight is 363 g/mol. The minimum Gasteiger partial charge on any atom is -0.361 e. The summed E-state index contributed by atoms with van der Waals surface area (Å²) < 4.78 is 5.27. The molecule has 0 spiro atoms. The third kappa shape index (κ3) is 5.23. The summed E-state index contributed by atoms with van der Waals surface area (Å²) in [6, 6.07) is 7.90. The highest BCUT2D eigenvalue weighted by atomic mass is 35.5. The van der Waals surface area contributed by atoms with Gasteiger partial charge in [-0.1, -0.05) is 35.8 Å². The second kappa shape index (κ2) is 8.90. The van der Waals surface area contributed by atoms with Gasteiger partial charge in [-0.15, -0.1) is 0 Å². The SMILES string of the molecule is CCNC(=NCC(C)c1c(C)noc1C)N(C)Cc1ccc(Cl)cc1. The van der Waals surface area contributed by atoms with Crippen molar-refractivity contribution in [3.8, 4) is 0 Å². The van der Waals surface area contributed by atoms with Gasteiger partial charge in [0, 0.05) is 43.2 Å². The van der Waals surface area contributed by atoms with Crippen molar-refractivity contribution in [1.82, 2.24) is 15.4 Å². The van der Waals surface area contributed by atoms with Crippen LogP contribution >= 0.6 is 11.6 Å². The fraction of sp³-hybridized carbons (Fsp3) is 0.474. The van der Waals surface area contributed by atoms with Crippen LogP contribution in [0.1, 0.15) is 42.3 Å². The molecule has 1 aromatic carbocycles. The van der Waals surface area contributed by atoms with E-state index >= 15 is 0 Å². The van der Waals surface area contributed by atoms with Gasteiger partial charge in [0.1, 0.15) is 5.76 Å². The zero-order valence-corrected chi connectivity index (χ0v) is 16.4. The topological polar surface area (TPSA) is 53.7 Å². The van der Waals surface area contributed by atoms with Crippen molar-refractivity contribution >= 4 is 17.6 Å². The van der Waals surface area contributed by atoms with Crippen molar-refractivity contribution in [1.29, 1.82) is 0 Å². The second-order valence-electron chi connectivity index (χ2n) is 6.32. The number of nitrogens with zero attached hydrogens (tertiary/aromatic N) is 3. The van der Waals surface area contributed by atoms with Crippen LogP contribution in [0.4, 0.5) is 0 Å². The molecule has 0 radical (unpaired) electrons. The van der Waals surface area contributed by atoms with Crippen LogP contribution in [0.5, 0.6) is 0 Å². The van der Waals surface area contributed by atoms with E-state index in [4.69, 9.17) is 21.1 Å². The number of rotatable bonds is 6. The molecule has 1 N–H and O–H groups in total. The van der Waals surface area contributed by atoms with Gasteiger partial charge < -0.3 is 14.7 Å². The van der Waals surface area contributed by atoms with Crippen LogP contribution in [0.3, 0.4) is 0 Å². The molecule has 2 aromatic rings. The Hall–Kier alpha value is -2.01. The number of guanidine groups is 1. The van der Waals surface area contributed by atoms with Crippen molar-refractivity contribution < 1.29 is 4.52 Å². The van der Waals surface area contributed by atoms with Gasteiger partial charge in [0.15, 0.2) is 5.96 Å². The van der Waals surface area contributed by atoms with Crippen molar-refractivity contribution in [3.05, 3.63) is 51.9 Å². The number of nitrogens with one attached hydrogen (secondary N) is 1. The smallest absolute Gasteiger partial charge is 0.193 e. The van der Waals surface area contributed by atoms with Gasteiger partial charge in [0.2, 0.25) is 0 Å². The van der Waals surface area contributed by atoms with Gasteiger partial charge in [-0.05, 0) is 38.5 Å². The lowest BCUT2D eigenvalue weighted by molar-refractivity contribution is 0.391. The molecular formula is C19H27ClN4O. The maximum absolute atomic E-state index is 5.96. The molecule has 1 atom stereocenters. The monoisotopic (exact) mass is 362 g/mol. The molecule has 1 aromatic heterocycles. The number of benzene rings is 1. The minimum atomic E-state index is 0.254. The van der Waals surface area contributed by atoms with Crippen molar-refractivity contribution in [2.45, 2.75) is 40.2 Å². The summed E-state index contributed by atoms with van der Waals surface area (Å²) in [5.41, 5.74) is 3.29.